The van der Waals surface area contributed by atoms with E-state index in [2.05, 4.69) is 0 Å². The molecule has 0 aliphatic carbocycles. The maximum Gasteiger partial charge on any atom is 0.203 e. The lowest BCUT2D eigenvalue weighted by molar-refractivity contribution is 0.296. The highest BCUT2D eigenvalue weighted by molar-refractivity contribution is 6.42. The van der Waals surface area contributed by atoms with Gasteiger partial charge in [0.15, 0.2) is 0 Å². The molecule has 0 bridgehead atoms. The molecule has 154 valence electrons. The Labute approximate surface area is 184 Å². The van der Waals surface area contributed by atoms with Crippen molar-refractivity contribution in [3.05, 3.63) is 88.0 Å². The van der Waals surface area contributed by atoms with E-state index in [1.165, 1.54) is 0 Å². The molecule has 30 heavy (non-hydrogen) atoms. The molecule has 1 aromatic heterocycles. The van der Waals surface area contributed by atoms with Crippen LogP contribution in [0.5, 0.6) is 11.5 Å². The number of rotatable bonds is 7. The van der Waals surface area contributed by atoms with Gasteiger partial charge in [0.25, 0.3) is 0 Å². The fourth-order valence-electron chi connectivity index (χ4n) is 3.43. The SMILES string of the molecule is COc1ccc(OCCn2c(=N)n(Cc3ccc(Cl)c(Cl)c3)c3ccccc32)cc1. The van der Waals surface area contributed by atoms with E-state index in [0.29, 0.717) is 35.4 Å². The zero-order chi connectivity index (χ0) is 21.1. The van der Waals surface area contributed by atoms with E-state index in [1.807, 2.05) is 69.8 Å². The molecule has 5 nitrogen and oxygen atoms in total. The topological polar surface area (TPSA) is 52.2 Å². The lowest BCUT2D eigenvalue weighted by Crippen LogP contribution is -2.27. The maximum absolute atomic E-state index is 8.75. The number of nitrogens with one attached hydrogen (secondary N) is 1. The van der Waals surface area contributed by atoms with E-state index < -0.39 is 0 Å². The van der Waals surface area contributed by atoms with E-state index in [-0.39, 0.29) is 0 Å². The Balaban J connectivity index is 1.58. The Bertz CT molecular complexity index is 1230. The second-order valence-electron chi connectivity index (χ2n) is 6.82. The molecule has 0 aliphatic rings. The largest absolute Gasteiger partial charge is 0.497 e. The van der Waals surface area contributed by atoms with Gasteiger partial charge in [0, 0.05) is 0 Å². The van der Waals surface area contributed by atoms with Gasteiger partial charge in [-0.15, -0.1) is 0 Å². The van der Waals surface area contributed by atoms with Gasteiger partial charge in [-0.25, -0.2) is 0 Å². The first-order valence-corrected chi connectivity index (χ1v) is 10.3. The molecule has 4 rings (SSSR count). The van der Waals surface area contributed by atoms with Gasteiger partial charge in [-0.1, -0.05) is 41.4 Å². The minimum absolute atomic E-state index is 0.403. The van der Waals surface area contributed by atoms with Crippen molar-refractivity contribution in [3.63, 3.8) is 0 Å². The third-order valence-electron chi connectivity index (χ3n) is 4.94. The van der Waals surface area contributed by atoms with Crippen molar-refractivity contribution >= 4 is 34.2 Å². The highest BCUT2D eigenvalue weighted by Crippen LogP contribution is 2.24. The fourth-order valence-corrected chi connectivity index (χ4v) is 3.75. The smallest absolute Gasteiger partial charge is 0.203 e. The molecule has 0 aliphatic heterocycles. The molecular weight excluding hydrogens is 421 g/mol. The molecule has 0 amide bonds. The molecule has 0 saturated heterocycles. The zero-order valence-electron chi connectivity index (χ0n) is 16.4. The van der Waals surface area contributed by atoms with E-state index in [9.17, 15) is 0 Å². The van der Waals surface area contributed by atoms with Gasteiger partial charge in [-0.2, -0.15) is 0 Å². The molecule has 0 radical (unpaired) electrons. The molecule has 1 heterocycles. The minimum atomic E-state index is 0.403. The highest BCUT2D eigenvalue weighted by atomic mass is 35.5. The number of aromatic nitrogens is 2. The summed E-state index contributed by atoms with van der Waals surface area (Å²) >= 11 is 12.2. The number of imidazole rings is 1. The van der Waals surface area contributed by atoms with Crippen molar-refractivity contribution in [1.29, 1.82) is 5.41 Å². The zero-order valence-corrected chi connectivity index (χ0v) is 18.0. The van der Waals surface area contributed by atoms with Crippen LogP contribution in [0.1, 0.15) is 5.56 Å². The van der Waals surface area contributed by atoms with Crippen LogP contribution < -0.4 is 15.1 Å². The number of fused-ring (bicyclic) bond motifs is 1. The standard InChI is InChI=1S/C23H21Cl2N3O2/c1-29-17-7-9-18(10-8-17)30-13-12-27-21-4-2-3-5-22(21)28(23(27)26)15-16-6-11-19(24)20(25)14-16/h2-11,14,26H,12-13,15H2,1H3. The van der Waals surface area contributed by atoms with Crippen LogP contribution in [0.25, 0.3) is 11.0 Å². The van der Waals surface area contributed by atoms with Crippen LogP contribution in [0, 0.1) is 5.41 Å². The van der Waals surface area contributed by atoms with Gasteiger partial charge in [0.2, 0.25) is 5.62 Å². The number of ether oxygens (including phenoxy) is 2. The number of hydrogen-bond acceptors (Lipinski definition) is 3. The van der Waals surface area contributed by atoms with Crippen molar-refractivity contribution in [1.82, 2.24) is 9.13 Å². The van der Waals surface area contributed by atoms with Crippen LogP contribution in [0.4, 0.5) is 0 Å². The Morgan fingerprint density at radius 3 is 2.17 bits per heavy atom. The number of nitrogens with zero attached hydrogens (tertiary/aromatic N) is 2. The molecule has 1 N–H and O–H groups in total. The van der Waals surface area contributed by atoms with Crippen LogP contribution in [-0.4, -0.2) is 22.9 Å². The second-order valence-corrected chi connectivity index (χ2v) is 7.64. The van der Waals surface area contributed by atoms with E-state index in [0.717, 1.165) is 28.1 Å². The molecular formula is C23H21Cl2N3O2. The summed E-state index contributed by atoms with van der Waals surface area (Å²) in [5.74, 6) is 1.55. The van der Waals surface area contributed by atoms with Gasteiger partial charge >= 0.3 is 0 Å². The van der Waals surface area contributed by atoms with Crippen LogP contribution in [0.2, 0.25) is 10.0 Å². The summed E-state index contributed by atoms with van der Waals surface area (Å²) in [6, 6.07) is 21.0. The lowest BCUT2D eigenvalue weighted by Gasteiger charge is -2.09. The normalized spacial score (nSPS) is 11.0. The quantitative estimate of drug-likeness (QED) is 0.419. The van der Waals surface area contributed by atoms with E-state index in [1.54, 1.807) is 13.2 Å². The van der Waals surface area contributed by atoms with Gasteiger partial charge in [-0.05, 0) is 54.1 Å². The van der Waals surface area contributed by atoms with Crippen molar-refractivity contribution < 1.29 is 9.47 Å². The molecule has 3 aromatic carbocycles. The Morgan fingerprint density at radius 2 is 1.50 bits per heavy atom. The molecule has 4 aromatic rings. The molecule has 0 unspecified atom stereocenters. The van der Waals surface area contributed by atoms with Crippen molar-refractivity contribution in [3.8, 4) is 11.5 Å². The Morgan fingerprint density at radius 1 is 0.833 bits per heavy atom. The van der Waals surface area contributed by atoms with Crippen LogP contribution in [0.3, 0.4) is 0 Å². The summed E-state index contributed by atoms with van der Waals surface area (Å²) in [7, 11) is 1.63. The molecule has 0 saturated carbocycles. The third-order valence-corrected chi connectivity index (χ3v) is 5.68. The van der Waals surface area contributed by atoms with Crippen LogP contribution in [0.15, 0.2) is 66.7 Å². The van der Waals surface area contributed by atoms with Crippen molar-refractivity contribution in [2.75, 3.05) is 13.7 Å². The van der Waals surface area contributed by atoms with Crippen molar-refractivity contribution in [2.45, 2.75) is 13.1 Å². The lowest BCUT2D eigenvalue weighted by atomic mass is 10.2. The first kappa shape index (κ1) is 20.4. The van der Waals surface area contributed by atoms with Gasteiger partial charge in [0.1, 0.15) is 18.1 Å². The van der Waals surface area contributed by atoms with Crippen molar-refractivity contribution in [2.24, 2.45) is 0 Å². The molecule has 0 fully saturated rings. The molecule has 7 heteroatoms. The number of methoxy groups -OCH3 is 1. The van der Waals surface area contributed by atoms with Gasteiger partial charge in [-0.3, -0.25) is 5.41 Å². The minimum Gasteiger partial charge on any atom is -0.497 e. The maximum atomic E-state index is 8.75. The summed E-state index contributed by atoms with van der Waals surface area (Å²) < 4.78 is 15.0. The Hall–Kier alpha value is -2.89. The molecule has 0 atom stereocenters. The summed E-state index contributed by atoms with van der Waals surface area (Å²) in [5.41, 5.74) is 3.36. The monoisotopic (exact) mass is 441 g/mol. The number of benzene rings is 3. The third kappa shape index (κ3) is 4.18. The summed E-state index contributed by atoms with van der Waals surface area (Å²) in [4.78, 5) is 0. The highest BCUT2D eigenvalue weighted by Gasteiger charge is 2.12. The fraction of sp³-hybridized carbons (Fsp3) is 0.174. The van der Waals surface area contributed by atoms with Crippen LogP contribution in [-0.2, 0) is 13.1 Å². The summed E-state index contributed by atoms with van der Waals surface area (Å²) in [6.07, 6.45) is 0. The van der Waals surface area contributed by atoms with Crippen LogP contribution >= 0.6 is 23.2 Å². The number of halogens is 2. The predicted octanol–water partition coefficient (Wildman–Crippen LogP) is 5.36. The Kier molecular flexibility index (Phi) is 6.02. The van der Waals surface area contributed by atoms with E-state index in [4.69, 9.17) is 38.1 Å². The second kappa shape index (κ2) is 8.86. The van der Waals surface area contributed by atoms with Gasteiger partial charge < -0.3 is 18.6 Å². The first-order chi connectivity index (χ1) is 14.6. The van der Waals surface area contributed by atoms with E-state index >= 15 is 0 Å². The first-order valence-electron chi connectivity index (χ1n) is 9.50. The average Bonchev–Trinajstić information content (AvgIpc) is 3.03. The molecule has 0 spiro atoms. The predicted molar refractivity (Wildman–Crippen MR) is 120 cm³/mol. The number of para-hydroxylation sites is 2. The summed E-state index contributed by atoms with van der Waals surface area (Å²) in [6.45, 7) is 1.53. The summed E-state index contributed by atoms with van der Waals surface area (Å²) in [5, 5.41) is 9.79. The number of hydrogen-bond donors (Lipinski definition) is 1. The average molecular weight is 442 g/mol. The van der Waals surface area contributed by atoms with Gasteiger partial charge in [0.05, 0.1) is 41.3 Å².